The van der Waals surface area contributed by atoms with Crippen molar-refractivity contribution in [3.63, 3.8) is 0 Å². The van der Waals surface area contributed by atoms with Crippen LogP contribution in [-0.4, -0.2) is 35.6 Å². The molecule has 1 N–H and O–H groups in total. The van der Waals surface area contributed by atoms with Gasteiger partial charge in [0.1, 0.15) is 5.01 Å². The largest absolute Gasteiger partial charge is 0.307 e. The molecule has 1 saturated carbocycles. The van der Waals surface area contributed by atoms with Gasteiger partial charge in [0, 0.05) is 30.2 Å². The summed E-state index contributed by atoms with van der Waals surface area (Å²) < 4.78 is 0. The van der Waals surface area contributed by atoms with E-state index in [4.69, 9.17) is 0 Å². The van der Waals surface area contributed by atoms with Gasteiger partial charge in [0.15, 0.2) is 0 Å². The molecule has 4 heteroatoms. The zero-order valence-corrected chi connectivity index (χ0v) is 11.1. The van der Waals surface area contributed by atoms with Crippen molar-refractivity contribution in [3.8, 4) is 0 Å². The Morgan fingerprint density at radius 1 is 1.56 bits per heavy atom. The highest BCUT2D eigenvalue weighted by Crippen LogP contribution is 2.26. The minimum Gasteiger partial charge on any atom is -0.307 e. The zero-order chi connectivity index (χ0) is 11.5. The van der Waals surface area contributed by atoms with Gasteiger partial charge in [-0.2, -0.15) is 0 Å². The lowest BCUT2D eigenvalue weighted by Crippen LogP contribution is -2.39. The molecule has 1 aliphatic rings. The highest BCUT2D eigenvalue weighted by molar-refractivity contribution is 7.09. The van der Waals surface area contributed by atoms with Crippen molar-refractivity contribution in [1.82, 2.24) is 15.2 Å². The summed E-state index contributed by atoms with van der Waals surface area (Å²) in [7, 11) is 2.23. The summed E-state index contributed by atoms with van der Waals surface area (Å²) in [4.78, 5) is 6.82. The van der Waals surface area contributed by atoms with Crippen LogP contribution >= 0.6 is 11.3 Å². The molecule has 1 aromatic heterocycles. The Morgan fingerprint density at radius 2 is 2.31 bits per heavy atom. The highest BCUT2D eigenvalue weighted by Gasteiger charge is 2.29. The van der Waals surface area contributed by atoms with Gasteiger partial charge < -0.3 is 5.32 Å². The Bertz CT molecular complexity index is 308. The molecule has 16 heavy (non-hydrogen) atoms. The Hall–Kier alpha value is -0.450. The molecule has 0 saturated heterocycles. The number of aromatic nitrogens is 1. The predicted molar refractivity (Wildman–Crippen MR) is 68.8 cm³/mol. The average molecular weight is 239 g/mol. The Morgan fingerprint density at radius 3 is 2.88 bits per heavy atom. The summed E-state index contributed by atoms with van der Waals surface area (Å²) in [5.74, 6) is 0. The first-order valence-corrected chi connectivity index (χ1v) is 6.91. The van der Waals surface area contributed by atoms with Crippen LogP contribution in [0, 0.1) is 0 Å². The third-order valence-corrected chi connectivity index (χ3v) is 4.32. The molecule has 1 aliphatic carbocycles. The third kappa shape index (κ3) is 3.03. The molecule has 1 aromatic rings. The van der Waals surface area contributed by atoms with E-state index in [0.717, 1.165) is 12.6 Å². The number of nitrogens with one attached hydrogen (secondary N) is 1. The summed E-state index contributed by atoms with van der Waals surface area (Å²) >= 11 is 1.72. The molecule has 0 aromatic carbocycles. The summed E-state index contributed by atoms with van der Waals surface area (Å²) in [5.41, 5.74) is 0. The molecule has 0 amide bonds. The van der Waals surface area contributed by atoms with Gasteiger partial charge in [0.2, 0.25) is 0 Å². The van der Waals surface area contributed by atoms with Gasteiger partial charge in [-0.05, 0) is 33.7 Å². The molecule has 1 fully saturated rings. The lowest BCUT2D eigenvalue weighted by molar-refractivity contribution is 0.237. The lowest BCUT2D eigenvalue weighted by Gasteiger charge is -2.25. The fourth-order valence-corrected chi connectivity index (χ4v) is 2.54. The number of hydrogen-bond acceptors (Lipinski definition) is 4. The summed E-state index contributed by atoms with van der Waals surface area (Å²) in [6.45, 7) is 5.51. The van der Waals surface area contributed by atoms with E-state index in [-0.39, 0.29) is 0 Å². The van der Waals surface area contributed by atoms with Crippen LogP contribution in [0.25, 0.3) is 0 Å². The Balaban J connectivity index is 1.74. The predicted octanol–water partition coefficient (Wildman–Crippen LogP) is 2.28. The van der Waals surface area contributed by atoms with Crippen LogP contribution < -0.4 is 5.32 Å². The smallest absolute Gasteiger partial charge is 0.109 e. The maximum Gasteiger partial charge on any atom is 0.109 e. The number of nitrogens with zero attached hydrogens (tertiary/aromatic N) is 2. The molecular formula is C12H21N3S. The molecule has 3 nitrogen and oxygen atoms in total. The van der Waals surface area contributed by atoms with Crippen molar-refractivity contribution in [2.45, 2.75) is 44.8 Å². The molecule has 2 atom stereocenters. The van der Waals surface area contributed by atoms with Crippen LogP contribution in [0.4, 0.5) is 0 Å². The molecule has 2 rings (SSSR count). The summed E-state index contributed by atoms with van der Waals surface area (Å²) in [5, 5.41) is 6.77. The van der Waals surface area contributed by atoms with E-state index in [1.54, 1.807) is 11.3 Å². The van der Waals surface area contributed by atoms with E-state index in [1.165, 1.54) is 17.8 Å². The van der Waals surface area contributed by atoms with E-state index >= 15 is 0 Å². The van der Waals surface area contributed by atoms with E-state index in [2.05, 4.69) is 36.1 Å². The molecule has 2 unspecified atom stereocenters. The first-order valence-electron chi connectivity index (χ1n) is 6.03. The van der Waals surface area contributed by atoms with Gasteiger partial charge in [-0.3, -0.25) is 4.90 Å². The SMILES string of the molecule is CC(NCC(C)N(C)C1CC1)c1nccs1. The monoisotopic (exact) mass is 239 g/mol. The normalized spacial score (nSPS) is 20.0. The van der Waals surface area contributed by atoms with Crippen LogP contribution in [0.2, 0.25) is 0 Å². The molecular weight excluding hydrogens is 218 g/mol. The molecule has 1 heterocycles. The Kier molecular flexibility index (Phi) is 3.95. The second-order valence-electron chi connectivity index (χ2n) is 4.75. The minimum atomic E-state index is 0.370. The van der Waals surface area contributed by atoms with Crippen LogP contribution in [-0.2, 0) is 0 Å². The van der Waals surface area contributed by atoms with Crippen molar-refractivity contribution >= 4 is 11.3 Å². The van der Waals surface area contributed by atoms with Crippen LogP contribution in [0.5, 0.6) is 0 Å². The van der Waals surface area contributed by atoms with Crippen molar-refractivity contribution in [2.24, 2.45) is 0 Å². The van der Waals surface area contributed by atoms with E-state index in [0.29, 0.717) is 12.1 Å². The summed E-state index contributed by atoms with van der Waals surface area (Å²) in [6.07, 6.45) is 4.63. The lowest BCUT2D eigenvalue weighted by atomic mass is 10.2. The second kappa shape index (κ2) is 5.25. The standard InChI is InChI=1S/C12H21N3S/c1-9(15(3)11-4-5-11)8-14-10(2)12-13-6-7-16-12/h6-7,9-11,14H,4-5,8H2,1-3H3. The van der Waals surface area contributed by atoms with Crippen LogP contribution in [0.1, 0.15) is 37.7 Å². The van der Waals surface area contributed by atoms with E-state index < -0.39 is 0 Å². The fraction of sp³-hybridized carbons (Fsp3) is 0.750. The van der Waals surface area contributed by atoms with Crippen molar-refractivity contribution in [2.75, 3.05) is 13.6 Å². The molecule has 0 spiro atoms. The third-order valence-electron chi connectivity index (χ3n) is 3.36. The zero-order valence-electron chi connectivity index (χ0n) is 10.3. The minimum absolute atomic E-state index is 0.370. The second-order valence-corrected chi connectivity index (χ2v) is 5.67. The van der Waals surface area contributed by atoms with Crippen LogP contribution in [0.15, 0.2) is 11.6 Å². The quantitative estimate of drug-likeness (QED) is 0.825. The average Bonchev–Trinajstić information content (AvgIpc) is 2.99. The highest BCUT2D eigenvalue weighted by atomic mass is 32.1. The number of rotatable bonds is 6. The van der Waals surface area contributed by atoms with E-state index in [9.17, 15) is 0 Å². The number of hydrogen-bond donors (Lipinski definition) is 1. The maximum absolute atomic E-state index is 4.33. The summed E-state index contributed by atoms with van der Waals surface area (Å²) in [6, 6.07) is 1.82. The first kappa shape index (κ1) is 12.0. The van der Waals surface area contributed by atoms with E-state index in [1.807, 2.05) is 11.6 Å². The van der Waals surface area contributed by atoms with Gasteiger partial charge in [-0.1, -0.05) is 0 Å². The number of thiazole rings is 1. The Labute approximate surface area is 102 Å². The van der Waals surface area contributed by atoms with Gasteiger partial charge in [-0.15, -0.1) is 11.3 Å². The fourth-order valence-electron chi connectivity index (χ4n) is 1.87. The van der Waals surface area contributed by atoms with Crippen molar-refractivity contribution < 1.29 is 0 Å². The first-order chi connectivity index (χ1) is 7.68. The molecule has 0 bridgehead atoms. The molecule has 90 valence electrons. The maximum atomic E-state index is 4.33. The van der Waals surface area contributed by atoms with Crippen LogP contribution in [0.3, 0.4) is 0 Å². The van der Waals surface area contributed by atoms with Gasteiger partial charge in [0.05, 0.1) is 6.04 Å². The molecule has 0 aliphatic heterocycles. The topological polar surface area (TPSA) is 28.2 Å². The van der Waals surface area contributed by atoms with Crippen molar-refractivity contribution in [3.05, 3.63) is 16.6 Å². The van der Waals surface area contributed by atoms with Gasteiger partial charge >= 0.3 is 0 Å². The van der Waals surface area contributed by atoms with Gasteiger partial charge in [0.25, 0.3) is 0 Å². The number of likely N-dealkylation sites (N-methyl/N-ethyl adjacent to an activating group) is 1. The molecule has 0 radical (unpaired) electrons. The van der Waals surface area contributed by atoms with Gasteiger partial charge in [-0.25, -0.2) is 4.98 Å². The van der Waals surface area contributed by atoms with Crippen molar-refractivity contribution in [1.29, 1.82) is 0 Å².